The molecule has 0 bridgehead atoms. The first-order chi connectivity index (χ1) is 22.1. The minimum absolute atomic E-state index is 0.00936. The molecule has 0 unspecified atom stereocenters. The monoisotopic (exact) mass is 642 g/mol. The van der Waals surface area contributed by atoms with Gasteiger partial charge in [-0.05, 0) is 115 Å². The molecule has 6 N–H and O–H groups in total. The van der Waals surface area contributed by atoms with Gasteiger partial charge in [0, 0.05) is 24.5 Å². The second-order valence-electron chi connectivity index (χ2n) is 13.8. The number of likely N-dealkylation sites (N-methyl/N-ethyl adjacent to an activating group) is 1. The smallest absolute Gasteiger partial charge is 0.145 e. The molecule has 0 aromatic carbocycles. The summed E-state index contributed by atoms with van der Waals surface area (Å²) in [4.78, 5) is 12.0. The first kappa shape index (κ1) is 40.3. The van der Waals surface area contributed by atoms with Gasteiger partial charge in [0.2, 0.25) is 0 Å². The molecule has 46 heavy (non-hydrogen) atoms. The van der Waals surface area contributed by atoms with Crippen molar-refractivity contribution in [2.45, 2.75) is 129 Å². The van der Waals surface area contributed by atoms with Crippen molar-refractivity contribution in [3.8, 4) is 0 Å². The normalized spacial score (nSPS) is 29.1. The molecule has 2 saturated carbocycles. The molecular formula is C39H66N2O5. The fourth-order valence-corrected chi connectivity index (χ4v) is 8.16. The van der Waals surface area contributed by atoms with E-state index in [1.807, 2.05) is 32.2 Å². The van der Waals surface area contributed by atoms with Crippen LogP contribution in [-0.4, -0.2) is 77.8 Å². The lowest BCUT2D eigenvalue weighted by molar-refractivity contribution is -0.181. The number of aldehydes is 1. The summed E-state index contributed by atoms with van der Waals surface area (Å²) in [6.45, 7) is 14.9. The molecule has 7 heteroatoms. The number of allylic oxidation sites excluding steroid dienone is 7. The van der Waals surface area contributed by atoms with Crippen molar-refractivity contribution >= 4 is 6.29 Å². The van der Waals surface area contributed by atoms with Crippen LogP contribution in [-0.2, 0) is 4.79 Å². The van der Waals surface area contributed by atoms with E-state index in [1.54, 1.807) is 0 Å². The summed E-state index contributed by atoms with van der Waals surface area (Å²) in [5.74, 6) is -0.571. The van der Waals surface area contributed by atoms with E-state index < -0.39 is 23.2 Å². The molecule has 0 radical (unpaired) electrons. The number of carbonyl (C=O) groups excluding carboxylic acids is 1. The van der Waals surface area contributed by atoms with E-state index in [4.69, 9.17) is 0 Å². The quantitative estimate of drug-likeness (QED) is 0.0294. The minimum Gasteiger partial charge on any atom is -0.396 e. The lowest BCUT2D eigenvalue weighted by atomic mass is 9.51. The summed E-state index contributed by atoms with van der Waals surface area (Å²) in [5, 5.41) is 53.0. The summed E-state index contributed by atoms with van der Waals surface area (Å²) in [5.41, 5.74) is 2.74. The minimum atomic E-state index is -1.16. The molecule has 2 rings (SSSR count). The lowest BCUT2D eigenvalue weighted by Crippen LogP contribution is -2.61. The van der Waals surface area contributed by atoms with Gasteiger partial charge < -0.3 is 31.1 Å². The van der Waals surface area contributed by atoms with E-state index in [0.717, 1.165) is 68.2 Å². The Bertz CT molecular complexity index is 1080. The summed E-state index contributed by atoms with van der Waals surface area (Å²) >= 11 is 0. The average Bonchev–Trinajstić information content (AvgIpc) is 3.38. The number of unbranched alkanes of at least 4 members (excludes halogenated alkanes) is 2. The van der Waals surface area contributed by atoms with Gasteiger partial charge in [-0.1, -0.05) is 80.7 Å². The van der Waals surface area contributed by atoms with E-state index >= 15 is 0 Å². The van der Waals surface area contributed by atoms with Crippen LogP contribution >= 0.6 is 0 Å². The molecule has 0 aromatic rings. The SMILES string of the molecule is C=C(/C=C\C=C(\[C@H](O)CCCCC)[C@@H]1CC[C@]2([C@@H]1O)[C@@H](CCCO)/C(=C(/C)C=O)CC[C@]2(O)CCNC)CC/C=C(\C)CNCC. The third-order valence-corrected chi connectivity index (χ3v) is 10.7. The molecule has 0 aromatic heterocycles. The standard InChI is InChI=1S/C39H66N2O5/c1-7-9-10-19-36(44)33(17-12-15-29(3)14-11-16-30(4)27-41-8-2)34-21-23-39(37(34)45)35(18-13-26-42)32(31(5)28-43)20-22-38(39,46)24-25-40-6/h12,15-17,28,34-37,40-42,44-46H,3,7-11,13-14,18-27H2,1-2,4-6H3/b15-12-,30-16+,32-31-,33-17+/t34-,35-,36+,37+,38-,39+/m0/s1. The molecule has 0 saturated heterocycles. The van der Waals surface area contributed by atoms with Gasteiger partial charge in [0.1, 0.15) is 6.29 Å². The van der Waals surface area contributed by atoms with Crippen molar-refractivity contribution in [1.82, 2.24) is 10.6 Å². The topological polar surface area (TPSA) is 122 Å². The highest BCUT2D eigenvalue weighted by Crippen LogP contribution is 2.64. The number of hydrogen-bond acceptors (Lipinski definition) is 7. The maximum atomic E-state index is 12.5. The Morgan fingerprint density at radius 1 is 1.17 bits per heavy atom. The van der Waals surface area contributed by atoms with Gasteiger partial charge in [0.25, 0.3) is 0 Å². The van der Waals surface area contributed by atoms with Gasteiger partial charge in [-0.25, -0.2) is 0 Å². The number of carbonyl (C=O) groups is 1. The van der Waals surface area contributed by atoms with Gasteiger partial charge in [-0.2, -0.15) is 0 Å². The van der Waals surface area contributed by atoms with Crippen LogP contribution in [0.15, 0.2) is 58.7 Å². The molecule has 2 aliphatic carbocycles. The molecule has 6 atom stereocenters. The predicted octanol–water partition coefficient (Wildman–Crippen LogP) is 6.10. The second kappa shape index (κ2) is 20.5. The van der Waals surface area contributed by atoms with Crippen molar-refractivity contribution in [3.63, 3.8) is 0 Å². The zero-order valence-corrected chi connectivity index (χ0v) is 29.6. The number of aliphatic hydroxyl groups is 4. The molecule has 0 heterocycles. The van der Waals surface area contributed by atoms with Crippen LogP contribution in [0.25, 0.3) is 0 Å². The fourth-order valence-electron chi connectivity index (χ4n) is 8.16. The van der Waals surface area contributed by atoms with Crippen LogP contribution in [0.1, 0.15) is 111 Å². The number of aliphatic hydroxyl groups excluding tert-OH is 3. The maximum Gasteiger partial charge on any atom is 0.145 e. The lowest BCUT2D eigenvalue weighted by Gasteiger charge is -2.57. The third kappa shape index (κ3) is 10.3. The zero-order valence-electron chi connectivity index (χ0n) is 29.6. The fraction of sp³-hybridized carbons (Fsp3) is 0.718. The summed E-state index contributed by atoms with van der Waals surface area (Å²) < 4.78 is 0. The second-order valence-corrected chi connectivity index (χ2v) is 13.8. The summed E-state index contributed by atoms with van der Waals surface area (Å²) in [6.07, 6.45) is 16.7. The van der Waals surface area contributed by atoms with Gasteiger partial charge >= 0.3 is 0 Å². The van der Waals surface area contributed by atoms with Crippen LogP contribution in [0.3, 0.4) is 0 Å². The van der Waals surface area contributed by atoms with Crippen molar-refractivity contribution < 1.29 is 25.2 Å². The number of nitrogens with one attached hydrogen (secondary N) is 2. The largest absolute Gasteiger partial charge is 0.396 e. The molecular weight excluding hydrogens is 576 g/mol. The van der Waals surface area contributed by atoms with E-state index in [9.17, 15) is 25.2 Å². The van der Waals surface area contributed by atoms with Gasteiger partial charge in [-0.15, -0.1) is 0 Å². The van der Waals surface area contributed by atoms with Crippen molar-refractivity contribution in [1.29, 1.82) is 0 Å². The Morgan fingerprint density at radius 3 is 2.59 bits per heavy atom. The Hall–Kier alpha value is -1.87. The van der Waals surface area contributed by atoms with Crippen molar-refractivity contribution in [2.75, 3.05) is 33.3 Å². The van der Waals surface area contributed by atoms with E-state index in [-0.39, 0.29) is 18.4 Å². The van der Waals surface area contributed by atoms with Crippen molar-refractivity contribution in [2.24, 2.45) is 17.3 Å². The highest BCUT2D eigenvalue weighted by Gasteiger charge is 2.65. The van der Waals surface area contributed by atoms with Crippen LogP contribution in [0.5, 0.6) is 0 Å². The first-order valence-corrected chi connectivity index (χ1v) is 18.0. The van der Waals surface area contributed by atoms with Crippen LogP contribution in [0.2, 0.25) is 0 Å². The van der Waals surface area contributed by atoms with E-state index in [0.29, 0.717) is 63.5 Å². The molecule has 0 aliphatic heterocycles. The molecule has 2 aliphatic rings. The molecule has 262 valence electrons. The first-order valence-electron chi connectivity index (χ1n) is 18.0. The van der Waals surface area contributed by atoms with Crippen LogP contribution in [0, 0.1) is 17.3 Å². The maximum absolute atomic E-state index is 12.5. The molecule has 2 fully saturated rings. The average molecular weight is 643 g/mol. The Labute approximate surface area is 280 Å². The van der Waals surface area contributed by atoms with Crippen LogP contribution in [0.4, 0.5) is 0 Å². The molecule has 0 amide bonds. The van der Waals surface area contributed by atoms with Gasteiger partial charge in [0.05, 0.1) is 17.8 Å². The van der Waals surface area contributed by atoms with Crippen LogP contribution < -0.4 is 10.6 Å². The Kier molecular flexibility index (Phi) is 17.9. The van der Waals surface area contributed by atoms with Gasteiger partial charge in [0.15, 0.2) is 0 Å². The number of hydrogen-bond donors (Lipinski definition) is 6. The van der Waals surface area contributed by atoms with Crippen molar-refractivity contribution in [3.05, 3.63) is 58.7 Å². The van der Waals surface area contributed by atoms with E-state index in [1.165, 1.54) is 5.57 Å². The predicted molar refractivity (Wildman–Crippen MR) is 191 cm³/mol. The van der Waals surface area contributed by atoms with Gasteiger partial charge in [-0.3, -0.25) is 4.79 Å². The number of rotatable bonds is 21. The highest BCUT2D eigenvalue weighted by atomic mass is 16.3. The summed E-state index contributed by atoms with van der Waals surface area (Å²) in [7, 11) is 1.87. The molecule has 7 nitrogen and oxygen atoms in total. The van der Waals surface area contributed by atoms with E-state index in [2.05, 4.69) is 44.1 Å². The zero-order chi connectivity index (χ0) is 34.2. The molecule has 1 spiro atoms. The third-order valence-electron chi connectivity index (χ3n) is 10.7. The Morgan fingerprint density at radius 2 is 1.93 bits per heavy atom. The Balaban J connectivity index is 2.50. The summed E-state index contributed by atoms with van der Waals surface area (Å²) in [6, 6.07) is 0. The highest BCUT2D eigenvalue weighted by molar-refractivity contribution is 5.74.